The van der Waals surface area contributed by atoms with Crippen LogP contribution in [0.15, 0.2) is 57.0 Å². The lowest BCUT2D eigenvalue weighted by Crippen LogP contribution is -1.86. The normalized spacial score (nSPS) is 10.2. The van der Waals surface area contributed by atoms with Crippen molar-refractivity contribution in [2.75, 3.05) is 5.73 Å². The molecule has 0 radical (unpaired) electrons. The molecule has 1 heterocycles. The minimum Gasteiger partial charge on any atom is -0.399 e. The largest absolute Gasteiger partial charge is 0.399 e. The monoisotopic (exact) mass is 280 g/mol. The molecule has 76 valence electrons. The first-order valence-electron chi connectivity index (χ1n) is 4.39. The van der Waals surface area contributed by atoms with E-state index in [9.17, 15) is 0 Å². The third-order valence-electron chi connectivity index (χ3n) is 1.81. The van der Waals surface area contributed by atoms with Crippen molar-refractivity contribution in [1.82, 2.24) is 4.98 Å². The van der Waals surface area contributed by atoms with Crippen LogP contribution in [0.4, 0.5) is 5.69 Å². The number of hydrogen-bond donors (Lipinski definition) is 1. The predicted molar refractivity (Wildman–Crippen MR) is 66.9 cm³/mol. The van der Waals surface area contributed by atoms with E-state index >= 15 is 0 Å². The van der Waals surface area contributed by atoms with Gasteiger partial charge in [-0.25, -0.2) is 4.98 Å². The minimum absolute atomic E-state index is 0.736. The number of rotatable bonds is 2. The highest BCUT2D eigenvalue weighted by Gasteiger charge is 2.02. The fourth-order valence-electron chi connectivity index (χ4n) is 1.12. The molecule has 2 nitrogen and oxygen atoms in total. The second kappa shape index (κ2) is 4.68. The molecular weight excluding hydrogens is 272 g/mol. The van der Waals surface area contributed by atoms with Gasteiger partial charge in [0.1, 0.15) is 5.03 Å². The van der Waals surface area contributed by atoms with E-state index in [4.69, 9.17) is 5.73 Å². The Labute approximate surface area is 101 Å². The number of anilines is 1. The SMILES string of the molecule is Nc1ccnc(Sc2ccccc2Br)c1. The smallest absolute Gasteiger partial charge is 0.103 e. The van der Waals surface area contributed by atoms with Gasteiger partial charge in [-0.1, -0.05) is 23.9 Å². The van der Waals surface area contributed by atoms with Crippen molar-refractivity contribution >= 4 is 33.4 Å². The van der Waals surface area contributed by atoms with Gasteiger partial charge in [0.25, 0.3) is 0 Å². The number of halogens is 1. The lowest BCUT2D eigenvalue weighted by Gasteiger charge is -2.03. The summed E-state index contributed by atoms with van der Waals surface area (Å²) in [4.78, 5) is 5.37. The minimum atomic E-state index is 0.736. The quantitative estimate of drug-likeness (QED) is 0.914. The Hall–Kier alpha value is -1.00. The Morgan fingerprint density at radius 2 is 2.00 bits per heavy atom. The van der Waals surface area contributed by atoms with Gasteiger partial charge >= 0.3 is 0 Å². The summed E-state index contributed by atoms with van der Waals surface area (Å²) in [6.45, 7) is 0. The number of hydrogen-bond acceptors (Lipinski definition) is 3. The highest BCUT2D eigenvalue weighted by molar-refractivity contribution is 9.10. The van der Waals surface area contributed by atoms with Crippen molar-refractivity contribution in [3.63, 3.8) is 0 Å². The average molecular weight is 281 g/mol. The molecule has 0 aliphatic carbocycles. The van der Waals surface area contributed by atoms with Gasteiger partial charge in [0.05, 0.1) is 0 Å². The molecule has 1 aromatic heterocycles. The summed E-state index contributed by atoms with van der Waals surface area (Å²) in [6, 6.07) is 11.7. The van der Waals surface area contributed by atoms with Crippen molar-refractivity contribution in [2.24, 2.45) is 0 Å². The Morgan fingerprint density at radius 3 is 2.73 bits per heavy atom. The van der Waals surface area contributed by atoms with E-state index in [2.05, 4.69) is 20.9 Å². The zero-order chi connectivity index (χ0) is 10.7. The van der Waals surface area contributed by atoms with Crippen LogP contribution < -0.4 is 5.73 Å². The van der Waals surface area contributed by atoms with E-state index in [-0.39, 0.29) is 0 Å². The average Bonchev–Trinajstić information content (AvgIpc) is 2.22. The van der Waals surface area contributed by atoms with Crippen LogP contribution in [0.1, 0.15) is 0 Å². The highest BCUT2D eigenvalue weighted by atomic mass is 79.9. The third-order valence-corrected chi connectivity index (χ3v) is 3.77. The second-order valence-corrected chi connectivity index (χ2v) is 4.88. The fourth-order valence-corrected chi connectivity index (χ4v) is 2.49. The van der Waals surface area contributed by atoms with Crippen LogP contribution in [0.3, 0.4) is 0 Å². The lowest BCUT2D eigenvalue weighted by molar-refractivity contribution is 1.13. The highest BCUT2D eigenvalue weighted by Crippen LogP contribution is 2.32. The Bertz CT molecular complexity index is 474. The van der Waals surface area contributed by atoms with Crippen molar-refractivity contribution in [3.8, 4) is 0 Å². The van der Waals surface area contributed by atoms with E-state index in [1.807, 2.05) is 30.3 Å². The molecule has 0 saturated carbocycles. The maximum absolute atomic E-state index is 5.69. The van der Waals surface area contributed by atoms with Gasteiger partial charge in [0.15, 0.2) is 0 Å². The molecule has 1 aromatic carbocycles. The van der Waals surface area contributed by atoms with Crippen LogP contribution in [-0.4, -0.2) is 4.98 Å². The molecule has 2 rings (SSSR count). The summed E-state index contributed by atoms with van der Waals surface area (Å²) in [6.07, 6.45) is 1.72. The second-order valence-electron chi connectivity index (χ2n) is 2.96. The molecule has 0 aliphatic heterocycles. The first-order valence-corrected chi connectivity index (χ1v) is 6.00. The first-order chi connectivity index (χ1) is 7.25. The Morgan fingerprint density at radius 1 is 1.20 bits per heavy atom. The van der Waals surface area contributed by atoms with Gasteiger partial charge in [-0.15, -0.1) is 0 Å². The number of pyridine rings is 1. The lowest BCUT2D eigenvalue weighted by atomic mass is 10.4. The third kappa shape index (κ3) is 2.73. The zero-order valence-corrected chi connectivity index (χ0v) is 10.3. The van der Waals surface area contributed by atoms with Crippen molar-refractivity contribution in [3.05, 3.63) is 47.1 Å². The zero-order valence-electron chi connectivity index (χ0n) is 7.85. The van der Waals surface area contributed by atoms with Gasteiger partial charge in [-0.3, -0.25) is 0 Å². The number of nitrogen functional groups attached to an aromatic ring is 1. The maximum atomic E-state index is 5.69. The number of benzene rings is 1. The van der Waals surface area contributed by atoms with E-state index in [0.29, 0.717) is 0 Å². The van der Waals surface area contributed by atoms with Crippen LogP contribution in [0.5, 0.6) is 0 Å². The van der Waals surface area contributed by atoms with E-state index in [1.165, 1.54) is 0 Å². The van der Waals surface area contributed by atoms with Gasteiger partial charge < -0.3 is 5.73 Å². The number of nitrogens with two attached hydrogens (primary N) is 1. The summed E-state index contributed by atoms with van der Waals surface area (Å²) in [5, 5.41) is 0.905. The Balaban J connectivity index is 2.26. The van der Waals surface area contributed by atoms with Gasteiger partial charge in [-0.05, 0) is 40.2 Å². The van der Waals surface area contributed by atoms with E-state index in [0.717, 1.165) is 20.1 Å². The molecule has 0 atom stereocenters. The van der Waals surface area contributed by atoms with Gasteiger partial charge in [0, 0.05) is 21.3 Å². The fraction of sp³-hybridized carbons (Fsp3) is 0. The van der Waals surface area contributed by atoms with Crippen LogP contribution in [0, 0.1) is 0 Å². The van der Waals surface area contributed by atoms with Crippen molar-refractivity contribution < 1.29 is 0 Å². The van der Waals surface area contributed by atoms with Crippen LogP contribution in [-0.2, 0) is 0 Å². The summed E-state index contributed by atoms with van der Waals surface area (Å²) in [5.74, 6) is 0. The summed E-state index contributed by atoms with van der Waals surface area (Å²) in [5.41, 5.74) is 6.42. The topological polar surface area (TPSA) is 38.9 Å². The summed E-state index contributed by atoms with van der Waals surface area (Å²) < 4.78 is 1.07. The van der Waals surface area contributed by atoms with Crippen LogP contribution in [0.25, 0.3) is 0 Å². The molecule has 0 amide bonds. The van der Waals surface area contributed by atoms with Gasteiger partial charge in [0.2, 0.25) is 0 Å². The maximum Gasteiger partial charge on any atom is 0.103 e. The molecule has 0 fully saturated rings. The molecule has 0 unspecified atom stereocenters. The molecule has 15 heavy (non-hydrogen) atoms. The molecule has 2 N–H and O–H groups in total. The standard InChI is InChI=1S/C11H9BrN2S/c12-9-3-1-2-4-10(9)15-11-7-8(13)5-6-14-11/h1-7H,(H2,13,14). The molecule has 0 bridgehead atoms. The number of aromatic nitrogens is 1. The number of nitrogens with zero attached hydrogens (tertiary/aromatic N) is 1. The molecule has 2 aromatic rings. The van der Waals surface area contributed by atoms with E-state index < -0.39 is 0 Å². The predicted octanol–water partition coefficient (Wildman–Crippen LogP) is 3.58. The molecule has 0 spiro atoms. The molecule has 0 saturated heterocycles. The first kappa shape index (κ1) is 10.5. The summed E-state index contributed by atoms with van der Waals surface area (Å²) in [7, 11) is 0. The van der Waals surface area contributed by atoms with Crippen LogP contribution in [0.2, 0.25) is 0 Å². The van der Waals surface area contributed by atoms with Crippen molar-refractivity contribution in [2.45, 2.75) is 9.92 Å². The Kier molecular flexibility index (Phi) is 3.28. The summed E-state index contributed by atoms with van der Waals surface area (Å²) >= 11 is 5.08. The van der Waals surface area contributed by atoms with Gasteiger partial charge in [-0.2, -0.15) is 0 Å². The molecule has 4 heteroatoms. The van der Waals surface area contributed by atoms with Crippen LogP contribution >= 0.6 is 27.7 Å². The molecule has 0 aliphatic rings. The van der Waals surface area contributed by atoms with Crippen molar-refractivity contribution in [1.29, 1.82) is 0 Å². The molecular formula is C11H9BrN2S. The van der Waals surface area contributed by atoms with E-state index in [1.54, 1.807) is 24.0 Å².